The zero-order chi connectivity index (χ0) is 22.9. The summed E-state index contributed by atoms with van der Waals surface area (Å²) in [7, 11) is 0. The van der Waals surface area contributed by atoms with Gasteiger partial charge < -0.3 is 14.6 Å². The first-order chi connectivity index (χ1) is 16.0. The minimum Gasteiger partial charge on any atom is -0.482 e. The van der Waals surface area contributed by atoms with Crippen LogP contribution in [0, 0.1) is 5.82 Å². The molecule has 166 valence electrons. The summed E-state index contributed by atoms with van der Waals surface area (Å²) in [4.78, 5) is 17.3. The second-order valence-electron chi connectivity index (χ2n) is 7.37. The van der Waals surface area contributed by atoms with Gasteiger partial charge in [0.15, 0.2) is 11.4 Å². The van der Waals surface area contributed by atoms with E-state index in [-0.39, 0.29) is 18.3 Å². The van der Waals surface area contributed by atoms with E-state index in [4.69, 9.17) is 32.9 Å². The molecular formula is C24H16Cl2FN3O2S. The van der Waals surface area contributed by atoms with Crippen LogP contribution in [-0.2, 0) is 11.3 Å². The smallest absolute Gasteiger partial charge is 0.262 e. The van der Waals surface area contributed by atoms with Gasteiger partial charge in [0.05, 0.1) is 33.7 Å². The Morgan fingerprint density at radius 1 is 1.06 bits per heavy atom. The van der Waals surface area contributed by atoms with E-state index in [1.807, 2.05) is 28.1 Å². The van der Waals surface area contributed by atoms with Crippen LogP contribution < -0.4 is 14.9 Å². The summed E-state index contributed by atoms with van der Waals surface area (Å²) in [5.41, 5.74) is 3.98. The van der Waals surface area contributed by atoms with Gasteiger partial charge in [0.1, 0.15) is 11.6 Å². The number of fused-ring (bicyclic) bond motifs is 1. The van der Waals surface area contributed by atoms with E-state index >= 15 is 0 Å². The van der Waals surface area contributed by atoms with Crippen molar-refractivity contribution in [1.82, 2.24) is 4.57 Å². The number of thiazole rings is 1. The van der Waals surface area contributed by atoms with Gasteiger partial charge in [-0.05, 0) is 54.1 Å². The Bertz CT molecular complexity index is 1430. The summed E-state index contributed by atoms with van der Waals surface area (Å²) in [5, 5.41) is 5.71. The number of anilines is 1. The summed E-state index contributed by atoms with van der Waals surface area (Å²) < 4.78 is 21.0. The molecular weight excluding hydrogens is 484 g/mol. The van der Waals surface area contributed by atoms with Crippen molar-refractivity contribution in [3.05, 3.63) is 92.3 Å². The molecule has 9 heteroatoms. The van der Waals surface area contributed by atoms with E-state index in [0.717, 1.165) is 21.6 Å². The molecule has 1 aliphatic heterocycles. The van der Waals surface area contributed by atoms with Crippen molar-refractivity contribution in [2.45, 2.75) is 6.54 Å². The predicted molar refractivity (Wildman–Crippen MR) is 129 cm³/mol. The van der Waals surface area contributed by atoms with Gasteiger partial charge in [-0.2, -0.15) is 0 Å². The lowest BCUT2D eigenvalue weighted by molar-refractivity contribution is -0.118. The summed E-state index contributed by atoms with van der Waals surface area (Å²) in [6.07, 6.45) is 0. The number of carbonyl (C=O) groups is 1. The van der Waals surface area contributed by atoms with Gasteiger partial charge in [0.25, 0.3) is 5.91 Å². The molecule has 0 radical (unpaired) electrons. The molecule has 1 aliphatic rings. The quantitative estimate of drug-likeness (QED) is 0.359. The molecule has 0 saturated heterocycles. The Kier molecular flexibility index (Phi) is 5.93. The third kappa shape index (κ3) is 4.66. The fourth-order valence-corrected chi connectivity index (χ4v) is 4.70. The average molecular weight is 500 g/mol. The number of hydrogen-bond donors (Lipinski definition) is 1. The minimum absolute atomic E-state index is 0.00203. The normalized spacial score (nSPS) is 13.4. The first kappa shape index (κ1) is 21.7. The molecule has 0 bridgehead atoms. The number of halogens is 3. The summed E-state index contributed by atoms with van der Waals surface area (Å²) in [6, 6.07) is 17.2. The Labute approximate surface area is 202 Å². The minimum atomic E-state index is -0.291. The maximum Gasteiger partial charge on any atom is 0.262 e. The lowest BCUT2D eigenvalue weighted by atomic mass is 10.1. The molecule has 2 heterocycles. The monoisotopic (exact) mass is 499 g/mol. The number of rotatable bonds is 4. The van der Waals surface area contributed by atoms with Gasteiger partial charge in [0, 0.05) is 10.9 Å². The van der Waals surface area contributed by atoms with Gasteiger partial charge in [-0.1, -0.05) is 35.3 Å². The fourth-order valence-electron chi connectivity index (χ4n) is 3.48. The number of nitrogens with one attached hydrogen (secondary N) is 1. The summed E-state index contributed by atoms with van der Waals surface area (Å²) in [6.45, 7) is 0.473. The molecule has 5 nitrogen and oxygen atoms in total. The van der Waals surface area contributed by atoms with Gasteiger partial charge in [-0.15, -0.1) is 11.3 Å². The lowest BCUT2D eigenvalue weighted by Crippen LogP contribution is -2.25. The van der Waals surface area contributed by atoms with Crippen molar-refractivity contribution in [3.8, 4) is 17.0 Å². The molecule has 0 unspecified atom stereocenters. The van der Waals surface area contributed by atoms with Gasteiger partial charge in [-0.25, -0.2) is 9.38 Å². The zero-order valence-corrected chi connectivity index (χ0v) is 19.3. The van der Waals surface area contributed by atoms with Crippen molar-refractivity contribution < 1.29 is 13.9 Å². The van der Waals surface area contributed by atoms with E-state index in [0.29, 0.717) is 33.7 Å². The van der Waals surface area contributed by atoms with Crippen LogP contribution in [0.5, 0.6) is 5.75 Å². The molecule has 0 aliphatic carbocycles. The second kappa shape index (κ2) is 9.02. The molecule has 1 amide bonds. The topological polar surface area (TPSA) is 55.6 Å². The van der Waals surface area contributed by atoms with Gasteiger partial charge in [0.2, 0.25) is 0 Å². The van der Waals surface area contributed by atoms with Crippen LogP contribution >= 0.6 is 34.5 Å². The van der Waals surface area contributed by atoms with Crippen molar-refractivity contribution >= 4 is 51.8 Å². The number of amides is 1. The van der Waals surface area contributed by atoms with Crippen molar-refractivity contribution in [1.29, 1.82) is 0 Å². The Balaban J connectivity index is 1.63. The summed E-state index contributed by atoms with van der Waals surface area (Å²) >= 11 is 13.7. The number of nitrogens with zero attached hydrogens (tertiary/aromatic N) is 2. The lowest BCUT2D eigenvalue weighted by Gasteiger charge is -2.19. The van der Waals surface area contributed by atoms with Crippen LogP contribution in [-0.4, -0.2) is 17.1 Å². The molecule has 4 aromatic rings. The molecule has 3 aromatic carbocycles. The van der Waals surface area contributed by atoms with Gasteiger partial charge >= 0.3 is 0 Å². The van der Waals surface area contributed by atoms with Crippen LogP contribution in [0.1, 0.15) is 5.56 Å². The first-order valence-corrected chi connectivity index (χ1v) is 11.6. The second-order valence-corrected chi connectivity index (χ2v) is 9.03. The average Bonchev–Trinajstić information content (AvgIpc) is 3.19. The molecule has 33 heavy (non-hydrogen) atoms. The number of carbonyl (C=O) groups excluding carboxylic acids is 1. The molecule has 1 aromatic heterocycles. The fraction of sp³-hybridized carbons (Fsp3) is 0.0833. The molecule has 0 saturated carbocycles. The van der Waals surface area contributed by atoms with Crippen LogP contribution in [0.3, 0.4) is 0 Å². The van der Waals surface area contributed by atoms with Crippen molar-refractivity contribution in [2.24, 2.45) is 4.99 Å². The van der Waals surface area contributed by atoms with Crippen molar-refractivity contribution in [3.63, 3.8) is 0 Å². The Morgan fingerprint density at radius 2 is 1.88 bits per heavy atom. The Hall–Kier alpha value is -3.13. The van der Waals surface area contributed by atoms with E-state index in [1.54, 1.807) is 30.3 Å². The molecule has 0 fully saturated rings. The molecule has 0 atom stereocenters. The van der Waals surface area contributed by atoms with Gasteiger partial charge in [-0.3, -0.25) is 4.79 Å². The predicted octanol–water partition coefficient (Wildman–Crippen LogP) is 6.27. The SMILES string of the molecule is O=C1COc2ccc(-c3csc(=Nc4ccc(Cl)c(Cl)c4)n3Cc3ccc(F)cc3)cc2N1. The maximum absolute atomic E-state index is 13.4. The number of ether oxygens (including phenoxy) is 1. The highest BCUT2D eigenvalue weighted by Crippen LogP contribution is 2.33. The molecule has 0 spiro atoms. The van der Waals surface area contributed by atoms with Crippen molar-refractivity contribution in [2.75, 3.05) is 11.9 Å². The van der Waals surface area contributed by atoms with Crippen LogP contribution in [0.25, 0.3) is 11.3 Å². The third-order valence-electron chi connectivity index (χ3n) is 5.09. The Morgan fingerprint density at radius 3 is 2.67 bits per heavy atom. The molecule has 5 rings (SSSR count). The summed E-state index contributed by atoms with van der Waals surface area (Å²) in [5.74, 6) is 0.138. The largest absolute Gasteiger partial charge is 0.482 e. The number of hydrogen-bond acceptors (Lipinski definition) is 4. The van der Waals surface area contributed by atoms with Crippen LogP contribution in [0.4, 0.5) is 15.8 Å². The van der Waals surface area contributed by atoms with E-state index in [2.05, 4.69) is 5.32 Å². The number of benzene rings is 3. The van der Waals surface area contributed by atoms with E-state index in [1.165, 1.54) is 23.5 Å². The molecule has 1 N–H and O–H groups in total. The van der Waals surface area contributed by atoms with E-state index < -0.39 is 0 Å². The van der Waals surface area contributed by atoms with Crippen LogP contribution in [0.15, 0.2) is 71.0 Å². The maximum atomic E-state index is 13.4. The third-order valence-corrected chi connectivity index (χ3v) is 6.69. The highest BCUT2D eigenvalue weighted by Gasteiger charge is 2.18. The zero-order valence-electron chi connectivity index (χ0n) is 17.0. The standard InChI is InChI=1S/C24H16Cl2FN3O2S/c25-18-7-6-17(10-19(18)26)28-24-30(11-14-1-4-16(27)5-2-14)21(13-33-24)15-3-8-22-20(9-15)29-23(31)12-32-22/h1-10,13H,11-12H2,(H,29,31). The number of aromatic nitrogens is 1. The highest BCUT2D eigenvalue weighted by molar-refractivity contribution is 7.07. The van der Waals surface area contributed by atoms with Crippen LogP contribution in [0.2, 0.25) is 10.0 Å². The highest BCUT2D eigenvalue weighted by atomic mass is 35.5. The first-order valence-electron chi connectivity index (χ1n) is 9.96. The van der Waals surface area contributed by atoms with E-state index in [9.17, 15) is 9.18 Å².